The number of ether oxygens (including phenoxy) is 2. The quantitative estimate of drug-likeness (QED) is 0.103. The Morgan fingerprint density at radius 2 is 1.41 bits per heavy atom. The second-order valence-electron chi connectivity index (χ2n) is 13.5. The highest BCUT2D eigenvalue weighted by atomic mass is 32.2. The number of fused-ring (bicyclic) bond motifs is 2. The van der Waals surface area contributed by atoms with E-state index in [9.17, 15) is 9.59 Å². The molecule has 1 aliphatic rings. The molecule has 2 amide bonds. The molecule has 7 aromatic rings. The van der Waals surface area contributed by atoms with E-state index in [1.165, 1.54) is 29.1 Å². The van der Waals surface area contributed by atoms with Crippen molar-refractivity contribution in [3.05, 3.63) is 90.8 Å². The van der Waals surface area contributed by atoms with Gasteiger partial charge in [0.15, 0.2) is 33.5 Å². The molecule has 2 N–H and O–H groups in total. The third-order valence-electron chi connectivity index (χ3n) is 9.33. The molecule has 58 heavy (non-hydrogen) atoms. The second-order valence-corrected chi connectivity index (χ2v) is 15.3. The predicted molar refractivity (Wildman–Crippen MR) is 224 cm³/mol. The highest BCUT2D eigenvalue weighted by Crippen LogP contribution is 2.43. The molecule has 15 nitrogen and oxygen atoms in total. The Balaban J connectivity index is 1.06. The molecular formula is C41H39N11O4S2. The number of para-hydroxylation sites is 1. The normalized spacial score (nSPS) is 12.0. The topological polar surface area (TPSA) is 177 Å². The fourth-order valence-corrected chi connectivity index (χ4v) is 8.03. The zero-order valence-electron chi connectivity index (χ0n) is 32.2. The summed E-state index contributed by atoms with van der Waals surface area (Å²) in [7, 11) is 0. The summed E-state index contributed by atoms with van der Waals surface area (Å²) in [5.74, 6) is 2.48. The third-order valence-corrected chi connectivity index (χ3v) is 11.3. The molecule has 0 unspecified atom stereocenters. The number of anilines is 2. The predicted octanol–water partition coefficient (Wildman–Crippen LogP) is 7.56. The minimum Gasteiger partial charge on any atom is -0.453 e. The Hall–Kier alpha value is -6.33. The van der Waals surface area contributed by atoms with Crippen LogP contribution in [0.2, 0.25) is 0 Å². The molecule has 0 spiro atoms. The van der Waals surface area contributed by atoms with Gasteiger partial charge >= 0.3 is 0 Å². The first-order valence-corrected chi connectivity index (χ1v) is 20.7. The first-order chi connectivity index (χ1) is 28.3. The van der Waals surface area contributed by atoms with E-state index in [4.69, 9.17) is 24.4 Å². The highest BCUT2D eigenvalue weighted by Gasteiger charge is 2.27. The number of thioether (sulfide) groups is 2. The van der Waals surface area contributed by atoms with Gasteiger partial charge in [-0.1, -0.05) is 67.7 Å². The SMILES string of the molecule is CCn1c(SCC(=O)Nc2ccc(C(C)C)cc2)nnc1-c1cc2c(c(-c3cnc4ccnc(-c5nnc(SCC(=O)Nc6ccccc6)n5CC)c4c3)n1)OCO2. The second kappa shape index (κ2) is 17.0. The maximum absolute atomic E-state index is 12.9. The Labute approximate surface area is 342 Å². The molecule has 294 valence electrons. The fraction of sp³-hybridized carbons (Fsp3) is 0.244. The van der Waals surface area contributed by atoms with E-state index in [1.54, 1.807) is 18.5 Å². The van der Waals surface area contributed by atoms with Gasteiger partial charge in [0, 0.05) is 53.9 Å². The Morgan fingerprint density at radius 1 is 0.759 bits per heavy atom. The van der Waals surface area contributed by atoms with E-state index in [0.717, 1.165) is 16.8 Å². The van der Waals surface area contributed by atoms with Crippen molar-refractivity contribution in [3.8, 4) is 45.8 Å². The first kappa shape index (κ1) is 38.5. The smallest absolute Gasteiger partial charge is 0.234 e. The van der Waals surface area contributed by atoms with E-state index in [0.29, 0.717) is 80.6 Å². The van der Waals surface area contributed by atoms with Crippen molar-refractivity contribution < 1.29 is 19.1 Å². The summed E-state index contributed by atoms with van der Waals surface area (Å²) >= 11 is 2.60. The van der Waals surface area contributed by atoms with Gasteiger partial charge in [0.25, 0.3) is 0 Å². The van der Waals surface area contributed by atoms with Gasteiger partial charge in [-0.3, -0.25) is 19.6 Å². The summed E-state index contributed by atoms with van der Waals surface area (Å²) in [4.78, 5) is 40.2. The number of nitrogens with zero attached hydrogens (tertiary/aromatic N) is 9. The zero-order valence-corrected chi connectivity index (χ0v) is 33.8. The van der Waals surface area contributed by atoms with Crippen LogP contribution < -0.4 is 20.1 Å². The van der Waals surface area contributed by atoms with Crippen molar-refractivity contribution in [2.75, 3.05) is 28.9 Å². The van der Waals surface area contributed by atoms with Gasteiger partial charge in [-0.2, -0.15) is 0 Å². The van der Waals surface area contributed by atoms with Gasteiger partial charge in [-0.05, 0) is 61.7 Å². The molecule has 1 aliphatic heterocycles. The third kappa shape index (κ3) is 8.08. The molecule has 6 heterocycles. The van der Waals surface area contributed by atoms with Gasteiger partial charge in [-0.15, -0.1) is 20.4 Å². The van der Waals surface area contributed by atoms with Gasteiger partial charge < -0.3 is 29.2 Å². The summed E-state index contributed by atoms with van der Waals surface area (Å²) in [5, 5.41) is 25.7. The average Bonchev–Trinajstić information content (AvgIpc) is 4.00. The van der Waals surface area contributed by atoms with Gasteiger partial charge in [0.2, 0.25) is 18.6 Å². The first-order valence-electron chi connectivity index (χ1n) is 18.7. The standard InChI is InChI=1S/C41H39N11O4S2/c1-5-51-38(47-49-40(51)57-22-34(54)45-28-14-12-25(13-15-28)24(3)4)31-19-32-37(56-23-55-32)35(46-31)26-18-29-30(43-20-26)16-17-42-36(29)39-48-50-41(52(39)6-2)58-21-33(53)44-27-10-8-7-9-11-27/h7-20,24H,5-6,21-23H2,1-4H3,(H,44,53)(H,45,54). The zero-order chi connectivity index (χ0) is 40.2. The Morgan fingerprint density at radius 3 is 2.09 bits per heavy atom. The molecule has 0 saturated carbocycles. The van der Waals surface area contributed by atoms with Crippen LogP contribution in [0.15, 0.2) is 95.5 Å². The molecule has 2 aromatic carbocycles. The maximum Gasteiger partial charge on any atom is 0.234 e. The lowest BCUT2D eigenvalue weighted by Crippen LogP contribution is -2.14. The van der Waals surface area contributed by atoms with E-state index in [-0.39, 0.29) is 30.1 Å². The van der Waals surface area contributed by atoms with Crippen LogP contribution in [0.4, 0.5) is 11.4 Å². The minimum atomic E-state index is -0.146. The number of carbonyl (C=O) groups is 2. The van der Waals surface area contributed by atoms with Crippen LogP contribution in [0, 0.1) is 0 Å². The van der Waals surface area contributed by atoms with E-state index in [1.807, 2.05) is 89.7 Å². The molecule has 0 bridgehead atoms. The molecule has 0 atom stereocenters. The minimum absolute atomic E-state index is 0.0293. The largest absolute Gasteiger partial charge is 0.453 e. The summed E-state index contributed by atoms with van der Waals surface area (Å²) in [5.41, 5.74) is 5.65. The molecule has 0 radical (unpaired) electrons. The number of benzene rings is 2. The molecule has 0 fully saturated rings. The van der Waals surface area contributed by atoms with Crippen molar-refractivity contribution in [1.82, 2.24) is 44.5 Å². The van der Waals surface area contributed by atoms with E-state index >= 15 is 0 Å². The average molecular weight is 814 g/mol. The number of pyridine rings is 3. The summed E-state index contributed by atoms with van der Waals surface area (Å²) in [6, 6.07) is 22.8. The molecule has 0 saturated heterocycles. The number of hydrogen-bond acceptors (Lipinski definition) is 13. The van der Waals surface area contributed by atoms with Crippen LogP contribution in [0.1, 0.15) is 39.2 Å². The van der Waals surface area contributed by atoms with Crippen LogP contribution in [0.3, 0.4) is 0 Å². The molecular weight excluding hydrogens is 775 g/mol. The Kier molecular flexibility index (Phi) is 11.3. The van der Waals surface area contributed by atoms with Crippen LogP contribution in [0.25, 0.3) is 45.2 Å². The van der Waals surface area contributed by atoms with Crippen molar-refractivity contribution in [2.24, 2.45) is 0 Å². The van der Waals surface area contributed by atoms with Gasteiger partial charge in [-0.25, -0.2) is 4.98 Å². The van der Waals surface area contributed by atoms with Gasteiger partial charge in [0.05, 0.1) is 17.0 Å². The van der Waals surface area contributed by atoms with Crippen molar-refractivity contribution in [1.29, 1.82) is 0 Å². The Bertz CT molecular complexity index is 2610. The van der Waals surface area contributed by atoms with Crippen molar-refractivity contribution in [2.45, 2.75) is 57.0 Å². The number of amides is 2. The summed E-state index contributed by atoms with van der Waals surface area (Å²) < 4.78 is 15.7. The molecule has 5 aromatic heterocycles. The lowest BCUT2D eigenvalue weighted by Gasteiger charge is -2.12. The van der Waals surface area contributed by atoms with E-state index in [2.05, 4.69) is 44.9 Å². The lowest BCUT2D eigenvalue weighted by atomic mass is 10.0. The molecule has 0 aliphatic carbocycles. The van der Waals surface area contributed by atoms with Crippen molar-refractivity contribution >= 4 is 57.6 Å². The fourth-order valence-electron chi connectivity index (χ4n) is 6.43. The number of hydrogen-bond donors (Lipinski definition) is 2. The number of rotatable bonds is 14. The summed E-state index contributed by atoms with van der Waals surface area (Å²) in [6.45, 7) is 9.36. The summed E-state index contributed by atoms with van der Waals surface area (Å²) in [6.07, 6.45) is 3.42. The maximum atomic E-state index is 12.9. The van der Waals surface area contributed by atoms with Crippen LogP contribution in [-0.2, 0) is 22.7 Å². The number of carbonyl (C=O) groups excluding carboxylic acids is 2. The van der Waals surface area contributed by atoms with Gasteiger partial charge in [0.1, 0.15) is 17.1 Å². The van der Waals surface area contributed by atoms with Crippen LogP contribution in [-0.4, -0.2) is 74.6 Å². The number of nitrogens with one attached hydrogen (secondary N) is 2. The lowest BCUT2D eigenvalue weighted by molar-refractivity contribution is -0.114. The van der Waals surface area contributed by atoms with Crippen LogP contribution >= 0.6 is 23.5 Å². The number of aromatic nitrogens is 9. The monoisotopic (exact) mass is 813 g/mol. The molecule has 8 rings (SSSR count). The van der Waals surface area contributed by atoms with Crippen LogP contribution in [0.5, 0.6) is 11.5 Å². The molecule has 17 heteroatoms. The highest BCUT2D eigenvalue weighted by molar-refractivity contribution is 8.00. The van der Waals surface area contributed by atoms with Crippen molar-refractivity contribution in [3.63, 3.8) is 0 Å². The van der Waals surface area contributed by atoms with E-state index < -0.39 is 0 Å².